The number of hydrogen-bond donors (Lipinski definition) is 1. The number of para-hydroxylation sites is 1. The van der Waals surface area contributed by atoms with Crippen molar-refractivity contribution in [1.29, 1.82) is 0 Å². The number of nitrogens with one attached hydrogen (secondary N) is 1. The molecule has 0 spiro atoms. The second-order valence-corrected chi connectivity index (χ2v) is 6.90. The number of carbonyl (C=O) groups is 2. The molecule has 29 heavy (non-hydrogen) atoms. The number of carbonyl (C=O) groups excluding carboxylic acids is 2. The topological polar surface area (TPSA) is 74.9 Å². The van der Waals surface area contributed by atoms with Crippen LogP contribution in [0.2, 0.25) is 0 Å². The van der Waals surface area contributed by atoms with Crippen LogP contribution in [0, 0.1) is 0 Å². The lowest BCUT2D eigenvalue weighted by Crippen LogP contribution is -2.62. The molecule has 2 aromatic carbocycles. The Morgan fingerprint density at radius 2 is 2.03 bits per heavy atom. The van der Waals surface area contributed by atoms with Crippen LogP contribution in [0.25, 0.3) is 10.9 Å². The summed E-state index contributed by atoms with van der Waals surface area (Å²) in [6.45, 7) is -9.13. The summed E-state index contributed by atoms with van der Waals surface area (Å²) >= 11 is 0. The van der Waals surface area contributed by atoms with E-state index in [4.69, 9.17) is 21.8 Å². The highest BCUT2D eigenvalue weighted by Gasteiger charge is 2.47. The summed E-state index contributed by atoms with van der Waals surface area (Å²) < 4.78 is 83.7. The fourth-order valence-electron chi connectivity index (χ4n) is 4.06. The Kier molecular flexibility index (Phi) is 1.95. The van der Waals surface area contributed by atoms with E-state index >= 15 is 0 Å². The Morgan fingerprint density at radius 3 is 2.93 bits per heavy atom. The van der Waals surface area contributed by atoms with Crippen LogP contribution < -0.4 is 9.47 Å². The van der Waals surface area contributed by atoms with E-state index in [1.165, 1.54) is 18.2 Å². The van der Waals surface area contributed by atoms with Crippen molar-refractivity contribution in [2.45, 2.75) is 18.5 Å². The molecule has 0 saturated carbocycles. The van der Waals surface area contributed by atoms with E-state index in [0.29, 0.717) is 10.9 Å². The van der Waals surface area contributed by atoms with Gasteiger partial charge in [0.15, 0.2) is 11.5 Å². The molecule has 4 heterocycles. The van der Waals surface area contributed by atoms with E-state index in [9.17, 15) is 9.59 Å². The van der Waals surface area contributed by atoms with E-state index in [0.717, 1.165) is 4.90 Å². The molecule has 0 radical (unpaired) electrons. The molecule has 3 aromatic rings. The molecule has 1 aromatic heterocycles. The molecular formula is C22H19N3O4. The van der Waals surface area contributed by atoms with Crippen LogP contribution in [0.1, 0.15) is 35.2 Å². The van der Waals surface area contributed by atoms with Crippen LogP contribution in [-0.2, 0) is 16.0 Å². The number of aromatic amines is 1. The molecule has 2 atom stereocenters. The first kappa shape index (κ1) is 9.82. The lowest BCUT2D eigenvalue weighted by molar-refractivity contribution is -0.157. The summed E-state index contributed by atoms with van der Waals surface area (Å²) in [7, 11) is 0. The van der Waals surface area contributed by atoms with Crippen LogP contribution in [0.4, 0.5) is 0 Å². The number of likely N-dealkylation sites (N-methyl/N-ethyl adjacent to an activating group) is 1. The maximum absolute atomic E-state index is 13.7. The molecule has 7 nitrogen and oxygen atoms in total. The minimum absolute atomic E-state index is 0.0155. The molecule has 1 saturated heterocycles. The number of piperazine rings is 1. The lowest BCUT2D eigenvalue weighted by atomic mass is 9.86. The predicted molar refractivity (Wildman–Crippen MR) is 105 cm³/mol. The zero-order chi connectivity index (χ0) is 27.6. The van der Waals surface area contributed by atoms with Gasteiger partial charge < -0.3 is 24.3 Å². The Bertz CT molecular complexity index is 1530. The number of amides is 2. The van der Waals surface area contributed by atoms with Gasteiger partial charge in [-0.3, -0.25) is 9.59 Å². The van der Waals surface area contributed by atoms with E-state index < -0.39 is 50.5 Å². The maximum Gasteiger partial charge on any atom is 0.245 e. The number of H-pyrrole nitrogens is 1. The summed E-state index contributed by atoms with van der Waals surface area (Å²) in [5.74, 6) is -2.76. The molecule has 146 valence electrons. The molecule has 1 unspecified atom stereocenters. The van der Waals surface area contributed by atoms with Crippen molar-refractivity contribution in [2.75, 3.05) is 20.2 Å². The van der Waals surface area contributed by atoms with Gasteiger partial charge in [0.05, 0.1) is 15.3 Å². The van der Waals surface area contributed by atoms with Crippen molar-refractivity contribution in [2.24, 2.45) is 0 Å². The Hall–Kier alpha value is -3.48. The van der Waals surface area contributed by atoms with Crippen molar-refractivity contribution in [3.8, 4) is 11.5 Å². The van der Waals surface area contributed by atoms with E-state index in [1.807, 2.05) is 0 Å². The molecule has 3 aliphatic heterocycles. The SMILES string of the molecule is [2H]C1([2H])Oc2ccc(C3c4[nH]c5ccccc5c4C([2H])([2H])[C@@H]4C(=O)N(C([2H])([2H])[2H])C([2H])([2H])C(=O)N34)cc2O1. The zero-order valence-corrected chi connectivity index (χ0v) is 14.7. The standard InChI is InChI=1S/C22H19N3O4/c1-24-10-19(26)25-16(22(24)27)9-14-13-4-2-3-5-15(13)23-20(14)21(25)12-6-7-17-18(8-12)29-11-28-17/h2-8,16,21,23H,9-11H2,1H3/t16-,21?/m1/s1/i1D3,9D2,10D2,11D2. The van der Waals surface area contributed by atoms with Gasteiger partial charge in [-0.1, -0.05) is 24.3 Å². The molecule has 6 rings (SSSR count). The lowest BCUT2D eigenvalue weighted by Gasteiger charge is -2.46. The zero-order valence-electron chi connectivity index (χ0n) is 23.7. The van der Waals surface area contributed by atoms with Crippen LogP contribution in [0.15, 0.2) is 42.5 Å². The Labute approximate surface area is 179 Å². The highest BCUT2D eigenvalue weighted by Crippen LogP contribution is 2.44. The van der Waals surface area contributed by atoms with Gasteiger partial charge in [0.25, 0.3) is 0 Å². The normalized spacial score (nSPS) is 33.0. The average molecular weight is 398 g/mol. The van der Waals surface area contributed by atoms with Crippen molar-refractivity contribution < 1.29 is 31.4 Å². The fourth-order valence-corrected chi connectivity index (χ4v) is 4.06. The number of fused-ring (bicyclic) bond motifs is 5. The van der Waals surface area contributed by atoms with Gasteiger partial charge in [0.2, 0.25) is 18.6 Å². The number of nitrogens with zero attached hydrogens (tertiary/aromatic N) is 2. The number of ether oxygens (including phenoxy) is 2. The van der Waals surface area contributed by atoms with Gasteiger partial charge in [0, 0.05) is 36.8 Å². The molecule has 1 fully saturated rings. The van der Waals surface area contributed by atoms with Gasteiger partial charge in [-0.15, -0.1) is 0 Å². The number of benzene rings is 2. The number of aromatic nitrogens is 1. The number of hydrogen-bond acceptors (Lipinski definition) is 4. The van der Waals surface area contributed by atoms with Crippen LogP contribution in [0.3, 0.4) is 0 Å². The Balaban J connectivity index is 1.64. The molecule has 2 amide bonds. The summed E-state index contributed by atoms with van der Waals surface area (Å²) in [6, 6.07) is 7.57. The maximum atomic E-state index is 13.7. The molecule has 0 bridgehead atoms. The fraction of sp³-hybridized carbons (Fsp3) is 0.273. The van der Waals surface area contributed by atoms with Crippen LogP contribution >= 0.6 is 0 Å². The molecule has 0 aliphatic carbocycles. The molecular weight excluding hydrogens is 370 g/mol. The monoisotopic (exact) mass is 398 g/mol. The first-order valence-electron chi connectivity index (χ1n) is 13.4. The molecule has 7 heteroatoms. The summed E-state index contributed by atoms with van der Waals surface area (Å²) in [6.07, 6.45) is -2.62. The van der Waals surface area contributed by atoms with Gasteiger partial charge in [0.1, 0.15) is 8.78 Å². The van der Waals surface area contributed by atoms with E-state index in [2.05, 4.69) is 4.98 Å². The summed E-state index contributed by atoms with van der Waals surface area (Å²) in [4.78, 5) is 31.1. The van der Waals surface area contributed by atoms with Crippen LogP contribution in [0.5, 0.6) is 11.5 Å². The second-order valence-electron chi connectivity index (χ2n) is 6.90. The number of rotatable bonds is 1. The predicted octanol–water partition coefficient (Wildman–Crippen LogP) is 2.21. The largest absolute Gasteiger partial charge is 0.454 e. The van der Waals surface area contributed by atoms with Gasteiger partial charge in [-0.2, -0.15) is 0 Å². The third kappa shape index (κ3) is 2.24. The molecule has 1 N–H and O–H groups in total. The Morgan fingerprint density at radius 1 is 1.17 bits per heavy atom. The van der Waals surface area contributed by atoms with Gasteiger partial charge in [-0.05, 0) is 29.3 Å². The quantitative estimate of drug-likeness (QED) is 0.682. The summed E-state index contributed by atoms with van der Waals surface area (Å²) in [5, 5.41) is 0.406. The molecule has 3 aliphatic rings. The first-order valence-corrected chi connectivity index (χ1v) is 8.86. The minimum atomic E-state index is -3.36. The smallest absolute Gasteiger partial charge is 0.245 e. The highest BCUT2D eigenvalue weighted by atomic mass is 16.7. The van der Waals surface area contributed by atoms with Crippen LogP contribution in [-0.4, -0.2) is 52.9 Å². The average Bonchev–Trinajstić information content (AvgIpc) is 3.31. The second kappa shape index (κ2) is 5.76. The van der Waals surface area contributed by atoms with Gasteiger partial charge >= 0.3 is 0 Å². The van der Waals surface area contributed by atoms with Gasteiger partial charge in [-0.25, -0.2) is 0 Å². The van der Waals surface area contributed by atoms with Crippen molar-refractivity contribution in [3.05, 3.63) is 59.3 Å². The minimum Gasteiger partial charge on any atom is -0.454 e. The van der Waals surface area contributed by atoms with Crippen molar-refractivity contribution in [1.82, 2.24) is 14.8 Å². The van der Waals surface area contributed by atoms with Crippen molar-refractivity contribution in [3.63, 3.8) is 0 Å². The van der Waals surface area contributed by atoms with Crippen molar-refractivity contribution >= 4 is 22.7 Å². The summed E-state index contributed by atoms with van der Waals surface area (Å²) in [5.41, 5.74) is 0.909. The van der Waals surface area contributed by atoms with E-state index in [-0.39, 0.29) is 33.2 Å². The third-order valence-electron chi connectivity index (χ3n) is 5.33. The first-order chi connectivity index (χ1) is 17.6. The third-order valence-corrected chi connectivity index (χ3v) is 5.33. The highest BCUT2D eigenvalue weighted by molar-refractivity contribution is 5.97. The van der Waals surface area contributed by atoms with E-state index in [1.54, 1.807) is 24.3 Å².